The molecule has 0 aromatic heterocycles. The predicted octanol–water partition coefficient (Wildman–Crippen LogP) is 1.59. The quantitative estimate of drug-likeness (QED) is 0.457. The van der Waals surface area contributed by atoms with Crippen molar-refractivity contribution in [1.82, 2.24) is 0 Å². The molecule has 2 aromatic carbocycles. The summed E-state index contributed by atoms with van der Waals surface area (Å²) < 4.78 is 0. The molecular weight excluding hydrogens is 296 g/mol. The molecule has 2 rings (SSSR count). The Morgan fingerprint density at radius 1 is 0.773 bits per heavy atom. The number of carboxylic acids is 2. The molecular formula is C14H12O8. The highest BCUT2D eigenvalue weighted by Gasteiger charge is 2.11. The molecule has 0 aliphatic heterocycles. The molecule has 0 radical (unpaired) electrons. The summed E-state index contributed by atoms with van der Waals surface area (Å²) in [7, 11) is 0. The Morgan fingerprint density at radius 3 is 1.73 bits per heavy atom. The monoisotopic (exact) mass is 308 g/mol. The van der Waals surface area contributed by atoms with E-state index in [0.29, 0.717) is 0 Å². The minimum Gasteiger partial charge on any atom is -0.508 e. The molecule has 0 heterocycles. The molecule has 0 fully saturated rings. The number of carboxylic acid groups (broad SMARTS) is 2. The zero-order valence-electron chi connectivity index (χ0n) is 11.0. The largest absolute Gasteiger partial charge is 0.508 e. The summed E-state index contributed by atoms with van der Waals surface area (Å²) >= 11 is 0. The molecule has 8 nitrogen and oxygen atoms in total. The lowest BCUT2D eigenvalue weighted by atomic mass is 10.2. The molecule has 0 amide bonds. The fraction of sp³-hybridized carbons (Fsp3) is 0. The van der Waals surface area contributed by atoms with Gasteiger partial charge in [-0.25, -0.2) is 9.59 Å². The molecule has 116 valence electrons. The average molecular weight is 308 g/mol. The van der Waals surface area contributed by atoms with Gasteiger partial charge >= 0.3 is 11.9 Å². The van der Waals surface area contributed by atoms with Crippen LogP contribution in [0.1, 0.15) is 20.7 Å². The standard InChI is InChI=1S/2C7H6O4/c8-5-1-4(7(10)11)2-6(9)3-5;8-5-3-1-2-4(6(5)9)7(10)11/h2*1-3,8-9H,(H,10,11). The first-order chi connectivity index (χ1) is 10.2. The van der Waals surface area contributed by atoms with E-state index < -0.39 is 23.4 Å². The molecule has 0 unspecified atom stereocenters. The van der Waals surface area contributed by atoms with Gasteiger partial charge in [-0.2, -0.15) is 0 Å². The van der Waals surface area contributed by atoms with Crippen LogP contribution in [0, 0.1) is 0 Å². The van der Waals surface area contributed by atoms with Gasteiger partial charge in [0.05, 0.1) is 5.56 Å². The van der Waals surface area contributed by atoms with Crippen LogP contribution in [0.25, 0.3) is 0 Å². The van der Waals surface area contributed by atoms with Crippen molar-refractivity contribution in [2.45, 2.75) is 0 Å². The lowest BCUT2D eigenvalue weighted by Crippen LogP contribution is -1.95. The Bertz CT molecular complexity index is 688. The van der Waals surface area contributed by atoms with E-state index in [0.717, 1.165) is 18.2 Å². The maximum Gasteiger partial charge on any atom is 0.339 e. The maximum absolute atomic E-state index is 10.3. The highest BCUT2D eigenvalue weighted by Crippen LogP contribution is 2.27. The van der Waals surface area contributed by atoms with Gasteiger partial charge in [-0.1, -0.05) is 6.07 Å². The number of aromatic hydroxyl groups is 4. The number of phenols is 4. The summed E-state index contributed by atoms with van der Waals surface area (Å²) in [5, 5.41) is 52.2. The van der Waals surface area contributed by atoms with Crippen molar-refractivity contribution < 1.29 is 40.2 Å². The minimum atomic E-state index is -1.27. The van der Waals surface area contributed by atoms with E-state index in [1.807, 2.05) is 0 Å². The first kappa shape index (κ1) is 16.6. The molecule has 2 aromatic rings. The van der Waals surface area contributed by atoms with Crippen LogP contribution in [-0.2, 0) is 0 Å². The molecule has 0 aliphatic rings. The van der Waals surface area contributed by atoms with E-state index in [9.17, 15) is 9.59 Å². The van der Waals surface area contributed by atoms with Crippen LogP contribution in [0.5, 0.6) is 23.0 Å². The van der Waals surface area contributed by atoms with Gasteiger partial charge in [-0.05, 0) is 24.3 Å². The molecule has 0 aliphatic carbocycles. The van der Waals surface area contributed by atoms with Gasteiger partial charge in [0.15, 0.2) is 11.5 Å². The van der Waals surface area contributed by atoms with Crippen LogP contribution in [0.4, 0.5) is 0 Å². The van der Waals surface area contributed by atoms with Crippen LogP contribution < -0.4 is 0 Å². The SMILES string of the molecule is O=C(O)c1cc(O)cc(O)c1.O=C(O)c1cccc(O)c1O. The second-order valence-corrected chi connectivity index (χ2v) is 4.02. The van der Waals surface area contributed by atoms with Gasteiger partial charge in [0, 0.05) is 6.07 Å². The van der Waals surface area contributed by atoms with Gasteiger partial charge in [0.1, 0.15) is 17.1 Å². The number of hydrogen-bond acceptors (Lipinski definition) is 6. The smallest absolute Gasteiger partial charge is 0.339 e. The third-order valence-electron chi connectivity index (χ3n) is 2.39. The van der Waals surface area contributed by atoms with Gasteiger partial charge < -0.3 is 30.6 Å². The van der Waals surface area contributed by atoms with E-state index in [1.54, 1.807) is 0 Å². The maximum atomic E-state index is 10.3. The van der Waals surface area contributed by atoms with Crippen molar-refractivity contribution in [2.75, 3.05) is 0 Å². The normalized spacial score (nSPS) is 9.45. The lowest BCUT2D eigenvalue weighted by molar-refractivity contribution is 0.0683. The number of rotatable bonds is 2. The van der Waals surface area contributed by atoms with E-state index in [-0.39, 0.29) is 22.6 Å². The third kappa shape index (κ3) is 4.30. The summed E-state index contributed by atoms with van der Waals surface area (Å²) in [6.07, 6.45) is 0. The van der Waals surface area contributed by atoms with Crippen molar-refractivity contribution in [2.24, 2.45) is 0 Å². The molecule has 0 saturated heterocycles. The molecule has 6 N–H and O–H groups in total. The third-order valence-corrected chi connectivity index (χ3v) is 2.39. The molecule has 0 atom stereocenters. The summed E-state index contributed by atoms with van der Waals surface area (Å²) in [5.74, 6) is -4.00. The average Bonchev–Trinajstić information content (AvgIpc) is 2.41. The van der Waals surface area contributed by atoms with Crippen LogP contribution in [0.3, 0.4) is 0 Å². The van der Waals surface area contributed by atoms with Crippen molar-refractivity contribution >= 4 is 11.9 Å². The van der Waals surface area contributed by atoms with E-state index in [2.05, 4.69) is 0 Å². The summed E-state index contributed by atoms with van der Waals surface area (Å²) in [5.41, 5.74) is -0.437. The molecule has 22 heavy (non-hydrogen) atoms. The Balaban J connectivity index is 0.000000220. The fourth-order valence-electron chi connectivity index (χ4n) is 1.42. The lowest BCUT2D eigenvalue weighted by Gasteiger charge is -1.99. The minimum absolute atomic E-state index is 0.137. The van der Waals surface area contributed by atoms with Crippen LogP contribution in [0.15, 0.2) is 36.4 Å². The van der Waals surface area contributed by atoms with Crippen molar-refractivity contribution in [3.63, 3.8) is 0 Å². The van der Waals surface area contributed by atoms with Crippen LogP contribution >= 0.6 is 0 Å². The zero-order valence-corrected chi connectivity index (χ0v) is 11.0. The second-order valence-electron chi connectivity index (χ2n) is 4.02. The van der Waals surface area contributed by atoms with Gasteiger partial charge in [-0.15, -0.1) is 0 Å². The van der Waals surface area contributed by atoms with Crippen LogP contribution in [0.2, 0.25) is 0 Å². The van der Waals surface area contributed by atoms with Crippen molar-refractivity contribution in [3.05, 3.63) is 47.5 Å². The Kier molecular flexibility index (Phi) is 5.17. The van der Waals surface area contributed by atoms with Gasteiger partial charge in [0.25, 0.3) is 0 Å². The van der Waals surface area contributed by atoms with E-state index in [4.69, 9.17) is 30.6 Å². The predicted molar refractivity (Wildman–Crippen MR) is 73.5 cm³/mol. The summed E-state index contributed by atoms with van der Waals surface area (Å²) in [4.78, 5) is 20.6. The van der Waals surface area contributed by atoms with Crippen molar-refractivity contribution in [1.29, 1.82) is 0 Å². The summed E-state index contributed by atoms with van der Waals surface area (Å²) in [6, 6.07) is 6.94. The number of aromatic carboxylic acids is 2. The Morgan fingerprint density at radius 2 is 1.32 bits per heavy atom. The Hall–Kier alpha value is -3.42. The van der Waals surface area contributed by atoms with Gasteiger partial charge in [0.2, 0.25) is 0 Å². The number of phenolic OH excluding ortho intramolecular Hbond substituents is 3. The Labute approximate surface area is 123 Å². The number of para-hydroxylation sites is 1. The van der Waals surface area contributed by atoms with E-state index >= 15 is 0 Å². The number of hydrogen-bond donors (Lipinski definition) is 6. The highest BCUT2D eigenvalue weighted by atomic mass is 16.4. The molecule has 0 bridgehead atoms. The fourth-order valence-corrected chi connectivity index (χ4v) is 1.42. The molecule has 8 heteroatoms. The molecule has 0 spiro atoms. The molecule has 0 saturated carbocycles. The number of carbonyl (C=O) groups is 2. The van der Waals surface area contributed by atoms with E-state index in [1.165, 1.54) is 18.2 Å². The highest BCUT2D eigenvalue weighted by molar-refractivity contribution is 5.91. The zero-order chi connectivity index (χ0) is 16.9. The van der Waals surface area contributed by atoms with Crippen LogP contribution in [-0.4, -0.2) is 42.6 Å². The second kappa shape index (κ2) is 6.84. The summed E-state index contributed by atoms with van der Waals surface area (Å²) in [6.45, 7) is 0. The topological polar surface area (TPSA) is 156 Å². The first-order valence-corrected chi connectivity index (χ1v) is 5.73. The van der Waals surface area contributed by atoms with Gasteiger partial charge in [-0.3, -0.25) is 0 Å². The first-order valence-electron chi connectivity index (χ1n) is 5.73. The number of benzene rings is 2. The van der Waals surface area contributed by atoms with Crippen molar-refractivity contribution in [3.8, 4) is 23.0 Å².